The van der Waals surface area contributed by atoms with Crippen LogP contribution < -0.4 is 15.2 Å². The second-order valence-electron chi connectivity index (χ2n) is 4.43. The second-order valence-corrected chi connectivity index (χ2v) is 4.43. The Morgan fingerprint density at radius 3 is 2.50 bits per heavy atom. The Bertz CT molecular complexity index is 555. The van der Waals surface area contributed by atoms with Gasteiger partial charge in [-0.05, 0) is 54.4 Å². The zero-order valence-electron chi connectivity index (χ0n) is 11.4. The van der Waals surface area contributed by atoms with Gasteiger partial charge in [-0.15, -0.1) is 0 Å². The molecule has 0 aliphatic rings. The lowest BCUT2D eigenvalue weighted by atomic mass is 10.1. The van der Waals surface area contributed by atoms with Crippen LogP contribution in [-0.2, 0) is 13.0 Å². The van der Waals surface area contributed by atoms with Crippen molar-refractivity contribution in [3.05, 3.63) is 59.4 Å². The van der Waals surface area contributed by atoms with Gasteiger partial charge in [-0.3, -0.25) is 0 Å². The van der Waals surface area contributed by atoms with Gasteiger partial charge in [-0.2, -0.15) is 0 Å². The predicted octanol–water partition coefficient (Wildman–Crippen LogP) is 2.91. The van der Waals surface area contributed by atoms with Gasteiger partial charge in [0.05, 0.1) is 7.11 Å². The minimum Gasteiger partial charge on any atom is -0.497 e. The lowest BCUT2D eigenvalue weighted by Gasteiger charge is -2.12. The Labute approximate surface area is 118 Å². The first kappa shape index (κ1) is 14.3. The maximum Gasteiger partial charge on any atom is 0.123 e. The molecule has 0 heterocycles. The molecule has 2 aromatic carbocycles. The topological polar surface area (TPSA) is 44.5 Å². The summed E-state index contributed by atoms with van der Waals surface area (Å²) >= 11 is 0. The van der Waals surface area contributed by atoms with Gasteiger partial charge in [0.2, 0.25) is 0 Å². The number of nitrogens with two attached hydrogens (primary N) is 1. The maximum atomic E-state index is 12.8. The summed E-state index contributed by atoms with van der Waals surface area (Å²) in [6, 6.07) is 11.9. The zero-order chi connectivity index (χ0) is 14.4. The van der Waals surface area contributed by atoms with Crippen molar-refractivity contribution in [2.75, 3.05) is 13.7 Å². The van der Waals surface area contributed by atoms with Crippen LogP contribution in [0.1, 0.15) is 11.1 Å². The van der Waals surface area contributed by atoms with E-state index in [1.54, 1.807) is 19.2 Å². The number of halogens is 1. The first-order chi connectivity index (χ1) is 9.72. The molecule has 0 saturated heterocycles. The van der Waals surface area contributed by atoms with Crippen molar-refractivity contribution in [2.24, 2.45) is 5.73 Å². The molecule has 0 atom stereocenters. The Morgan fingerprint density at radius 2 is 1.85 bits per heavy atom. The number of benzene rings is 2. The fourth-order valence-electron chi connectivity index (χ4n) is 1.92. The molecule has 4 heteroatoms. The third-order valence-electron chi connectivity index (χ3n) is 2.99. The van der Waals surface area contributed by atoms with Crippen LogP contribution in [0, 0.1) is 5.82 Å². The molecule has 0 fully saturated rings. The number of hydrogen-bond acceptors (Lipinski definition) is 3. The van der Waals surface area contributed by atoms with Crippen LogP contribution in [0.3, 0.4) is 0 Å². The van der Waals surface area contributed by atoms with Crippen molar-refractivity contribution in [2.45, 2.75) is 13.0 Å². The number of hydrogen-bond donors (Lipinski definition) is 1. The highest BCUT2D eigenvalue weighted by atomic mass is 19.1. The van der Waals surface area contributed by atoms with Crippen LogP contribution in [0.25, 0.3) is 0 Å². The third kappa shape index (κ3) is 3.71. The summed E-state index contributed by atoms with van der Waals surface area (Å²) in [5, 5.41) is 0. The minimum absolute atomic E-state index is 0.248. The summed E-state index contributed by atoms with van der Waals surface area (Å²) < 4.78 is 23.8. The average Bonchev–Trinajstić information content (AvgIpc) is 2.48. The second kappa shape index (κ2) is 6.91. The molecule has 2 rings (SSSR count). The van der Waals surface area contributed by atoms with E-state index in [9.17, 15) is 4.39 Å². The van der Waals surface area contributed by atoms with Crippen molar-refractivity contribution in [1.29, 1.82) is 0 Å². The van der Waals surface area contributed by atoms with Crippen molar-refractivity contribution in [3.8, 4) is 11.5 Å². The first-order valence-corrected chi connectivity index (χ1v) is 6.47. The van der Waals surface area contributed by atoms with Crippen molar-refractivity contribution in [3.63, 3.8) is 0 Å². The number of ether oxygens (including phenoxy) is 2. The minimum atomic E-state index is -0.248. The van der Waals surface area contributed by atoms with E-state index in [1.165, 1.54) is 12.1 Å². The molecular formula is C16H18FNO2. The quantitative estimate of drug-likeness (QED) is 0.881. The summed E-state index contributed by atoms with van der Waals surface area (Å²) in [7, 11) is 1.63. The summed E-state index contributed by atoms with van der Waals surface area (Å²) in [6.07, 6.45) is 0.718. The van der Waals surface area contributed by atoms with E-state index in [1.807, 2.05) is 18.2 Å². The van der Waals surface area contributed by atoms with Crippen LogP contribution in [0.4, 0.5) is 4.39 Å². The molecule has 0 saturated carbocycles. The summed E-state index contributed by atoms with van der Waals surface area (Å²) in [5.74, 6) is 1.31. The molecule has 2 aromatic rings. The van der Waals surface area contributed by atoms with E-state index >= 15 is 0 Å². The average molecular weight is 275 g/mol. The molecule has 0 aromatic heterocycles. The molecule has 0 radical (unpaired) electrons. The highest BCUT2D eigenvalue weighted by molar-refractivity contribution is 5.40. The Balaban J connectivity index is 2.09. The Morgan fingerprint density at radius 1 is 1.10 bits per heavy atom. The van der Waals surface area contributed by atoms with Gasteiger partial charge in [0.25, 0.3) is 0 Å². The smallest absolute Gasteiger partial charge is 0.123 e. The molecular weight excluding hydrogens is 257 g/mol. The normalized spacial score (nSPS) is 10.3. The van der Waals surface area contributed by atoms with Crippen molar-refractivity contribution >= 4 is 0 Å². The molecule has 2 N–H and O–H groups in total. The lowest BCUT2D eigenvalue weighted by molar-refractivity contribution is 0.302. The zero-order valence-corrected chi connectivity index (χ0v) is 11.4. The van der Waals surface area contributed by atoms with Crippen LogP contribution in [0.2, 0.25) is 0 Å². The van der Waals surface area contributed by atoms with Gasteiger partial charge in [-0.1, -0.05) is 12.1 Å². The first-order valence-electron chi connectivity index (χ1n) is 6.47. The van der Waals surface area contributed by atoms with Gasteiger partial charge in [-0.25, -0.2) is 4.39 Å². The molecule has 0 bridgehead atoms. The number of rotatable bonds is 6. The van der Waals surface area contributed by atoms with E-state index in [2.05, 4.69) is 0 Å². The van der Waals surface area contributed by atoms with E-state index in [0.717, 1.165) is 29.0 Å². The standard InChI is InChI=1S/C16H18FNO2/c1-19-15-6-7-16(13(10-15)8-9-18)20-11-12-2-4-14(17)5-3-12/h2-7,10H,8-9,11,18H2,1H3. The summed E-state index contributed by atoms with van der Waals surface area (Å²) in [5.41, 5.74) is 7.53. The van der Waals surface area contributed by atoms with Gasteiger partial charge in [0.15, 0.2) is 0 Å². The van der Waals surface area contributed by atoms with Crippen molar-refractivity contribution < 1.29 is 13.9 Å². The Hall–Kier alpha value is -2.07. The molecule has 0 unspecified atom stereocenters. The van der Waals surface area contributed by atoms with Crippen LogP contribution in [0.5, 0.6) is 11.5 Å². The van der Waals surface area contributed by atoms with Crippen LogP contribution >= 0.6 is 0 Å². The monoisotopic (exact) mass is 275 g/mol. The predicted molar refractivity (Wildman–Crippen MR) is 76.5 cm³/mol. The molecule has 0 spiro atoms. The van der Waals surface area contributed by atoms with Crippen molar-refractivity contribution in [1.82, 2.24) is 0 Å². The molecule has 3 nitrogen and oxygen atoms in total. The number of methoxy groups -OCH3 is 1. The molecule has 0 amide bonds. The van der Waals surface area contributed by atoms with E-state index in [0.29, 0.717) is 13.2 Å². The molecule has 106 valence electrons. The van der Waals surface area contributed by atoms with E-state index in [-0.39, 0.29) is 5.82 Å². The lowest BCUT2D eigenvalue weighted by Crippen LogP contribution is -2.06. The fraction of sp³-hybridized carbons (Fsp3) is 0.250. The maximum absolute atomic E-state index is 12.8. The fourth-order valence-corrected chi connectivity index (χ4v) is 1.92. The molecule has 20 heavy (non-hydrogen) atoms. The largest absolute Gasteiger partial charge is 0.497 e. The highest BCUT2D eigenvalue weighted by Crippen LogP contribution is 2.25. The SMILES string of the molecule is COc1ccc(OCc2ccc(F)cc2)c(CCN)c1. The Kier molecular flexibility index (Phi) is 4.96. The van der Waals surface area contributed by atoms with Gasteiger partial charge < -0.3 is 15.2 Å². The molecule has 0 aliphatic carbocycles. The van der Waals surface area contributed by atoms with Crippen LogP contribution in [0.15, 0.2) is 42.5 Å². The summed E-state index contributed by atoms with van der Waals surface area (Å²) in [4.78, 5) is 0. The van der Waals surface area contributed by atoms with Gasteiger partial charge >= 0.3 is 0 Å². The van der Waals surface area contributed by atoms with Gasteiger partial charge in [0, 0.05) is 0 Å². The molecule has 0 aliphatic heterocycles. The van der Waals surface area contributed by atoms with E-state index in [4.69, 9.17) is 15.2 Å². The van der Waals surface area contributed by atoms with E-state index < -0.39 is 0 Å². The summed E-state index contributed by atoms with van der Waals surface area (Å²) in [6.45, 7) is 0.935. The highest BCUT2D eigenvalue weighted by Gasteiger charge is 2.06. The van der Waals surface area contributed by atoms with Crippen LogP contribution in [-0.4, -0.2) is 13.7 Å². The van der Waals surface area contributed by atoms with Gasteiger partial charge in [0.1, 0.15) is 23.9 Å². The third-order valence-corrected chi connectivity index (χ3v) is 2.99.